The zero-order valence-electron chi connectivity index (χ0n) is 30.3. The van der Waals surface area contributed by atoms with E-state index in [1.54, 1.807) is 12.1 Å². The zero-order chi connectivity index (χ0) is 37.2. The number of esters is 1. The number of carbonyl (C=O) groups is 5. The Morgan fingerprint density at radius 3 is 2.41 bits per heavy atom. The lowest BCUT2D eigenvalue weighted by atomic mass is 9.85. The number of nitrogens with one attached hydrogen (secondary N) is 3. The predicted molar refractivity (Wildman–Crippen MR) is 191 cm³/mol. The van der Waals surface area contributed by atoms with Crippen molar-refractivity contribution < 1.29 is 38.2 Å². The summed E-state index contributed by atoms with van der Waals surface area (Å²) >= 11 is 0. The fourth-order valence-corrected chi connectivity index (χ4v) is 7.18. The van der Waals surface area contributed by atoms with Crippen LogP contribution in [0.15, 0.2) is 30.9 Å². The molecule has 2 saturated carbocycles. The Kier molecular flexibility index (Phi) is 11.0. The molecule has 0 unspecified atom stereocenters. The van der Waals surface area contributed by atoms with E-state index >= 15 is 0 Å². The molecular weight excluding hydrogens is 653 g/mol. The molecule has 0 spiro atoms. The zero-order valence-corrected chi connectivity index (χ0v) is 30.3. The van der Waals surface area contributed by atoms with Crippen molar-refractivity contribution in [2.24, 2.45) is 11.3 Å². The number of aromatic nitrogens is 1. The molecular formula is C37H48BN5O8. The Hall–Kier alpha value is -4.62. The van der Waals surface area contributed by atoms with Gasteiger partial charge in [-0.2, -0.15) is 0 Å². The SMILES string of the molecule is [B]CC(=O)c1cc(O[C@@H]2C[C@@H](C(=O)N[C@]3(C(=O)OC)C[C@H]3C=C)N(C(=O)[C@@H](NC(=O)NC3CCCC3)C(C)(C)C)C2)c2cc(C)c(OC)cc2n1. The van der Waals surface area contributed by atoms with Gasteiger partial charge in [0.15, 0.2) is 5.78 Å². The third kappa shape index (κ3) is 7.84. The molecule has 2 aliphatic carbocycles. The average molecular weight is 702 g/mol. The van der Waals surface area contributed by atoms with Crippen molar-refractivity contribution in [1.29, 1.82) is 0 Å². The molecule has 1 aliphatic heterocycles. The fourth-order valence-electron chi connectivity index (χ4n) is 7.18. The minimum absolute atomic E-state index is 0.0232. The number of nitrogens with zero attached hydrogens (tertiary/aromatic N) is 2. The number of carbonyl (C=O) groups excluding carboxylic acids is 5. The van der Waals surface area contributed by atoms with Crippen molar-refractivity contribution in [2.75, 3.05) is 20.8 Å². The van der Waals surface area contributed by atoms with E-state index < -0.39 is 58.7 Å². The summed E-state index contributed by atoms with van der Waals surface area (Å²) in [5.41, 5.74) is -0.683. The second-order valence-electron chi connectivity index (χ2n) is 14.9. The van der Waals surface area contributed by atoms with Crippen molar-refractivity contribution in [3.8, 4) is 11.5 Å². The molecule has 3 fully saturated rings. The van der Waals surface area contributed by atoms with E-state index in [9.17, 15) is 24.0 Å². The lowest BCUT2D eigenvalue weighted by Gasteiger charge is -2.35. The molecule has 1 saturated heterocycles. The lowest BCUT2D eigenvalue weighted by molar-refractivity contribution is -0.148. The van der Waals surface area contributed by atoms with Crippen molar-refractivity contribution in [3.63, 3.8) is 0 Å². The molecule has 5 rings (SSSR count). The minimum atomic E-state index is -1.29. The van der Waals surface area contributed by atoms with Crippen molar-refractivity contribution in [1.82, 2.24) is 25.8 Å². The van der Waals surface area contributed by atoms with E-state index in [2.05, 4.69) is 27.5 Å². The van der Waals surface area contributed by atoms with Gasteiger partial charge in [0, 0.05) is 35.9 Å². The van der Waals surface area contributed by atoms with Crippen LogP contribution in [0.5, 0.6) is 11.5 Å². The molecule has 4 amide bonds. The molecule has 2 heterocycles. The Bertz CT molecular complexity index is 1720. The minimum Gasteiger partial charge on any atom is -0.496 e. The highest BCUT2D eigenvalue weighted by Gasteiger charge is 2.62. The van der Waals surface area contributed by atoms with Crippen LogP contribution in [-0.4, -0.2) is 97.9 Å². The largest absolute Gasteiger partial charge is 0.496 e. The van der Waals surface area contributed by atoms with Crippen LogP contribution in [-0.2, 0) is 19.1 Å². The summed E-state index contributed by atoms with van der Waals surface area (Å²) in [7, 11) is 8.47. The number of fused-ring (bicyclic) bond motifs is 1. The Labute approximate surface area is 300 Å². The summed E-state index contributed by atoms with van der Waals surface area (Å²) in [5.74, 6) is -1.48. The maximum absolute atomic E-state index is 14.5. The van der Waals surface area contributed by atoms with E-state index in [0.717, 1.165) is 31.2 Å². The maximum Gasteiger partial charge on any atom is 0.332 e. The molecule has 3 N–H and O–H groups in total. The highest BCUT2D eigenvalue weighted by Crippen LogP contribution is 2.46. The number of hydrogen-bond donors (Lipinski definition) is 3. The van der Waals surface area contributed by atoms with Gasteiger partial charge in [0.1, 0.15) is 40.9 Å². The molecule has 1 aromatic carbocycles. The predicted octanol–water partition coefficient (Wildman–Crippen LogP) is 3.56. The molecule has 1 aromatic heterocycles. The van der Waals surface area contributed by atoms with Crippen LogP contribution in [0.3, 0.4) is 0 Å². The van der Waals surface area contributed by atoms with Crippen molar-refractivity contribution in [3.05, 3.63) is 42.1 Å². The van der Waals surface area contributed by atoms with Crippen LogP contribution >= 0.6 is 0 Å². The number of urea groups is 1. The van der Waals surface area contributed by atoms with Gasteiger partial charge in [-0.15, -0.1) is 6.58 Å². The monoisotopic (exact) mass is 701 g/mol. The van der Waals surface area contributed by atoms with Crippen molar-refractivity contribution >= 4 is 48.3 Å². The molecule has 51 heavy (non-hydrogen) atoms. The van der Waals surface area contributed by atoms with Crippen molar-refractivity contribution in [2.45, 2.75) is 102 Å². The van der Waals surface area contributed by atoms with Gasteiger partial charge < -0.3 is 35.1 Å². The van der Waals surface area contributed by atoms with Gasteiger partial charge in [-0.05, 0) is 49.6 Å². The number of rotatable bonds is 12. The number of aryl methyl sites for hydroxylation is 1. The third-order valence-corrected chi connectivity index (χ3v) is 10.2. The van der Waals surface area contributed by atoms with Gasteiger partial charge >= 0.3 is 12.0 Å². The topological polar surface area (TPSA) is 165 Å². The summed E-state index contributed by atoms with van der Waals surface area (Å²) in [6.45, 7) is 11.1. The highest BCUT2D eigenvalue weighted by molar-refractivity contribution is 6.23. The van der Waals surface area contributed by atoms with Crippen LogP contribution in [0.1, 0.15) is 75.3 Å². The molecule has 0 bridgehead atoms. The number of amides is 4. The molecule has 14 heteroatoms. The molecule has 3 aliphatic rings. The number of methoxy groups -OCH3 is 2. The summed E-state index contributed by atoms with van der Waals surface area (Å²) in [4.78, 5) is 73.3. The smallest absolute Gasteiger partial charge is 0.332 e. The number of hydrogen-bond acceptors (Lipinski definition) is 9. The Balaban J connectivity index is 1.49. The molecule has 2 radical (unpaired) electrons. The van der Waals surface area contributed by atoms with Gasteiger partial charge in [-0.3, -0.25) is 14.4 Å². The highest BCUT2D eigenvalue weighted by atomic mass is 16.5. The first-order valence-electron chi connectivity index (χ1n) is 17.5. The Morgan fingerprint density at radius 1 is 1.12 bits per heavy atom. The van der Waals surface area contributed by atoms with Gasteiger partial charge in [-0.25, -0.2) is 14.6 Å². The molecule has 2 aromatic rings. The van der Waals surface area contributed by atoms with Gasteiger partial charge in [-0.1, -0.05) is 39.7 Å². The number of pyridine rings is 1. The van der Waals surface area contributed by atoms with Gasteiger partial charge in [0.2, 0.25) is 11.8 Å². The number of benzene rings is 1. The van der Waals surface area contributed by atoms with E-state index in [-0.39, 0.29) is 36.9 Å². The summed E-state index contributed by atoms with van der Waals surface area (Å²) in [6, 6.07) is 2.56. The average Bonchev–Trinajstić information content (AvgIpc) is 3.36. The van der Waals surface area contributed by atoms with Crippen LogP contribution < -0.4 is 25.4 Å². The lowest BCUT2D eigenvalue weighted by Crippen LogP contribution is -2.60. The van der Waals surface area contributed by atoms with E-state index in [1.807, 2.05) is 33.8 Å². The molecule has 13 nitrogen and oxygen atoms in total. The molecule has 5 atom stereocenters. The quantitative estimate of drug-likeness (QED) is 0.130. The van der Waals surface area contributed by atoms with Gasteiger partial charge in [0.05, 0.1) is 34.1 Å². The number of ketones is 1. The standard InChI is InChI=1S/C37H48BN5O8/c1-8-21-17-37(21,34(47)50-7)42-32(45)27-14-23(19-43(27)33(46)31(36(3,4)5)41-35(48)39-22-11-9-10-12-22)51-30-16-26(28(44)18-38)40-25-15-29(49-6)20(2)13-24(25)30/h8,13,15-16,21-23,27,31H,1,9-12,14,17-19H2,2-7H3,(H,42,45)(H2,39,41,48)/t21-,23-,27+,31-,37-/m1/s1. The van der Waals surface area contributed by atoms with E-state index in [0.29, 0.717) is 28.8 Å². The van der Waals surface area contributed by atoms with Crippen LogP contribution in [0, 0.1) is 18.3 Å². The third-order valence-electron chi connectivity index (χ3n) is 10.2. The summed E-state index contributed by atoms with van der Waals surface area (Å²) in [6.07, 6.45) is 4.77. The van der Waals surface area contributed by atoms with E-state index in [4.69, 9.17) is 22.1 Å². The second kappa shape index (κ2) is 14.9. The summed E-state index contributed by atoms with van der Waals surface area (Å²) < 4.78 is 17.1. The number of ether oxygens (including phenoxy) is 3. The summed E-state index contributed by atoms with van der Waals surface area (Å²) in [5, 5.41) is 9.33. The van der Waals surface area contributed by atoms with Crippen LogP contribution in [0.25, 0.3) is 10.9 Å². The van der Waals surface area contributed by atoms with Crippen LogP contribution in [0.4, 0.5) is 4.79 Å². The first kappa shape index (κ1) is 37.6. The van der Waals surface area contributed by atoms with Crippen LogP contribution in [0.2, 0.25) is 6.32 Å². The first-order chi connectivity index (χ1) is 24.1. The number of likely N-dealkylation sites (tertiary alicyclic amines) is 1. The maximum atomic E-state index is 14.5. The molecule has 272 valence electrons. The van der Waals surface area contributed by atoms with Gasteiger partial charge in [0.25, 0.3) is 0 Å². The first-order valence-corrected chi connectivity index (χ1v) is 17.5. The second-order valence-corrected chi connectivity index (χ2v) is 14.9. The number of Topliss-reactive ketones (excluding diaryl/α,β-unsaturated/α-hetero) is 1. The van der Waals surface area contributed by atoms with E-state index in [1.165, 1.54) is 25.2 Å². The Morgan fingerprint density at radius 2 is 1.82 bits per heavy atom. The fraction of sp³-hybridized carbons (Fsp3) is 0.568. The normalized spacial score (nSPS) is 23.6.